The summed E-state index contributed by atoms with van der Waals surface area (Å²) >= 11 is 0. The third kappa shape index (κ3) is 5.88. The van der Waals surface area contributed by atoms with E-state index in [-0.39, 0.29) is 19.1 Å². The monoisotopic (exact) mass is 228 g/mol. The van der Waals surface area contributed by atoms with Gasteiger partial charge in [0.1, 0.15) is 6.04 Å². The number of aliphatic hydroxyl groups is 1. The van der Waals surface area contributed by atoms with Crippen molar-refractivity contribution in [1.29, 1.82) is 0 Å². The minimum Gasteiger partial charge on any atom is -0.480 e. The van der Waals surface area contributed by atoms with Gasteiger partial charge in [-0.05, 0) is 6.92 Å². The number of urea groups is 1. The third-order valence-corrected chi connectivity index (χ3v) is 1.82. The molecule has 0 saturated carbocycles. The number of carbonyl (C=O) groups excluding carboxylic acids is 1. The predicted molar refractivity (Wildman–Crippen MR) is 57.7 cm³/mol. The van der Waals surface area contributed by atoms with E-state index in [1.54, 1.807) is 6.92 Å². The standard InChI is InChI=1S/C10H16N2O4/c1-3-4-7(2)11-10(16)12-8(5-6-13)9(14)15/h1,7-8,13H,4-6H2,2H3,(H,14,15)(H2,11,12,16)/t7?,8-/m1/s1. The summed E-state index contributed by atoms with van der Waals surface area (Å²) in [6.45, 7) is 1.40. The van der Waals surface area contributed by atoms with Crippen LogP contribution in [0.15, 0.2) is 0 Å². The number of amides is 2. The highest BCUT2D eigenvalue weighted by Crippen LogP contribution is 1.93. The van der Waals surface area contributed by atoms with Gasteiger partial charge in [-0.2, -0.15) is 0 Å². The van der Waals surface area contributed by atoms with Crippen molar-refractivity contribution in [2.75, 3.05) is 6.61 Å². The average Bonchev–Trinajstić information content (AvgIpc) is 2.16. The Balaban J connectivity index is 4.10. The first kappa shape index (κ1) is 14.3. The fraction of sp³-hybridized carbons (Fsp3) is 0.600. The van der Waals surface area contributed by atoms with Crippen molar-refractivity contribution in [2.24, 2.45) is 0 Å². The molecule has 0 bridgehead atoms. The van der Waals surface area contributed by atoms with Crippen LogP contribution in [-0.2, 0) is 4.79 Å². The number of terminal acetylenes is 1. The van der Waals surface area contributed by atoms with E-state index >= 15 is 0 Å². The Morgan fingerprint density at radius 1 is 1.44 bits per heavy atom. The van der Waals surface area contributed by atoms with Gasteiger partial charge in [0.15, 0.2) is 0 Å². The highest BCUT2D eigenvalue weighted by atomic mass is 16.4. The highest BCUT2D eigenvalue weighted by Gasteiger charge is 2.19. The number of aliphatic carboxylic acids is 1. The summed E-state index contributed by atoms with van der Waals surface area (Å²) in [4.78, 5) is 21.9. The van der Waals surface area contributed by atoms with Gasteiger partial charge in [0.05, 0.1) is 0 Å². The fourth-order valence-electron chi connectivity index (χ4n) is 1.04. The molecule has 0 aromatic carbocycles. The molecule has 0 aliphatic rings. The summed E-state index contributed by atoms with van der Waals surface area (Å²) in [5.41, 5.74) is 0. The van der Waals surface area contributed by atoms with Crippen LogP contribution in [0.1, 0.15) is 19.8 Å². The van der Waals surface area contributed by atoms with Crippen LogP contribution in [0.3, 0.4) is 0 Å². The van der Waals surface area contributed by atoms with E-state index in [1.807, 2.05) is 0 Å². The maximum atomic E-state index is 11.3. The summed E-state index contributed by atoms with van der Waals surface area (Å²) in [6, 6.07) is -1.93. The number of aliphatic hydroxyl groups excluding tert-OH is 1. The molecule has 0 fully saturated rings. The number of carboxylic acid groups (broad SMARTS) is 1. The van der Waals surface area contributed by atoms with Crippen LogP contribution < -0.4 is 10.6 Å². The first-order valence-corrected chi connectivity index (χ1v) is 4.85. The quantitative estimate of drug-likeness (QED) is 0.462. The van der Waals surface area contributed by atoms with E-state index in [0.29, 0.717) is 6.42 Å². The molecule has 0 radical (unpaired) electrons. The molecular formula is C10H16N2O4. The van der Waals surface area contributed by atoms with E-state index < -0.39 is 18.0 Å². The van der Waals surface area contributed by atoms with E-state index in [9.17, 15) is 9.59 Å². The van der Waals surface area contributed by atoms with Gasteiger partial charge in [0.25, 0.3) is 0 Å². The molecule has 90 valence electrons. The SMILES string of the molecule is C#CCC(C)NC(=O)N[C@H](CCO)C(=O)O. The molecule has 4 N–H and O–H groups in total. The van der Waals surface area contributed by atoms with Gasteiger partial charge < -0.3 is 20.8 Å². The molecule has 0 saturated heterocycles. The van der Waals surface area contributed by atoms with Crippen molar-refractivity contribution in [3.05, 3.63) is 0 Å². The van der Waals surface area contributed by atoms with E-state index in [2.05, 4.69) is 16.6 Å². The minimum absolute atomic E-state index is 0.0354. The van der Waals surface area contributed by atoms with E-state index in [1.165, 1.54) is 0 Å². The molecule has 6 heteroatoms. The molecular weight excluding hydrogens is 212 g/mol. The number of hydrogen-bond donors (Lipinski definition) is 4. The van der Waals surface area contributed by atoms with Gasteiger partial charge >= 0.3 is 12.0 Å². The maximum Gasteiger partial charge on any atom is 0.326 e. The maximum absolute atomic E-state index is 11.3. The van der Waals surface area contributed by atoms with Crippen molar-refractivity contribution in [3.8, 4) is 12.3 Å². The van der Waals surface area contributed by atoms with E-state index in [0.717, 1.165) is 0 Å². The second-order valence-electron chi connectivity index (χ2n) is 3.33. The molecule has 0 aliphatic heterocycles. The van der Waals surface area contributed by atoms with Crippen molar-refractivity contribution in [1.82, 2.24) is 10.6 Å². The topological polar surface area (TPSA) is 98.7 Å². The molecule has 0 spiro atoms. The van der Waals surface area contributed by atoms with Gasteiger partial charge in [-0.3, -0.25) is 0 Å². The molecule has 0 aromatic rings. The largest absolute Gasteiger partial charge is 0.480 e. The van der Waals surface area contributed by atoms with Gasteiger partial charge in [-0.25, -0.2) is 9.59 Å². The lowest BCUT2D eigenvalue weighted by Gasteiger charge is -2.16. The van der Waals surface area contributed by atoms with E-state index in [4.69, 9.17) is 16.6 Å². The Morgan fingerprint density at radius 2 is 2.06 bits per heavy atom. The average molecular weight is 228 g/mol. The summed E-state index contributed by atoms with van der Waals surface area (Å²) in [5.74, 6) is 1.19. The minimum atomic E-state index is -1.19. The first-order chi connectivity index (χ1) is 7.51. The zero-order valence-corrected chi connectivity index (χ0v) is 9.06. The molecule has 0 heterocycles. The van der Waals surface area contributed by atoms with Gasteiger partial charge in [-0.15, -0.1) is 12.3 Å². The number of carbonyl (C=O) groups is 2. The molecule has 0 aliphatic carbocycles. The molecule has 0 aromatic heterocycles. The first-order valence-electron chi connectivity index (χ1n) is 4.85. The molecule has 6 nitrogen and oxygen atoms in total. The summed E-state index contributed by atoms with van der Waals surface area (Å²) in [6.07, 6.45) is 5.38. The highest BCUT2D eigenvalue weighted by molar-refractivity contribution is 5.82. The van der Waals surface area contributed by atoms with Gasteiger partial charge in [0, 0.05) is 25.5 Å². The lowest BCUT2D eigenvalue weighted by atomic mass is 10.2. The zero-order chi connectivity index (χ0) is 12.6. The Hall–Kier alpha value is -1.74. The van der Waals surface area contributed by atoms with Crippen molar-refractivity contribution in [2.45, 2.75) is 31.8 Å². The Labute approximate surface area is 94.0 Å². The summed E-state index contributed by atoms with van der Waals surface area (Å²) < 4.78 is 0. The Morgan fingerprint density at radius 3 is 2.50 bits per heavy atom. The van der Waals surface area contributed by atoms with Crippen LogP contribution in [0.2, 0.25) is 0 Å². The second-order valence-corrected chi connectivity index (χ2v) is 3.33. The fourth-order valence-corrected chi connectivity index (χ4v) is 1.04. The van der Waals surface area contributed by atoms with Crippen LogP contribution in [-0.4, -0.2) is 40.9 Å². The smallest absolute Gasteiger partial charge is 0.326 e. The predicted octanol–water partition coefficient (Wildman–Crippen LogP) is -0.467. The van der Waals surface area contributed by atoms with Crippen molar-refractivity contribution >= 4 is 12.0 Å². The Bertz CT molecular complexity index is 285. The zero-order valence-electron chi connectivity index (χ0n) is 9.06. The Kier molecular flexibility index (Phi) is 6.72. The summed E-state index contributed by atoms with van der Waals surface area (Å²) in [5, 5.41) is 22.0. The van der Waals surface area contributed by atoms with Crippen LogP contribution in [0, 0.1) is 12.3 Å². The lowest BCUT2D eigenvalue weighted by molar-refractivity contribution is -0.139. The lowest BCUT2D eigenvalue weighted by Crippen LogP contribution is -2.48. The molecule has 1 unspecified atom stereocenters. The van der Waals surface area contributed by atoms with Crippen molar-refractivity contribution in [3.63, 3.8) is 0 Å². The van der Waals surface area contributed by atoms with Gasteiger partial charge in [0.2, 0.25) is 0 Å². The molecule has 2 amide bonds. The number of hydrogen-bond acceptors (Lipinski definition) is 3. The van der Waals surface area contributed by atoms with Crippen LogP contribution in [0.5, 0.6) is 0 Å². The molecule has 16 heavy (non-hydrogen) atoms. The number of nitrogens with one attached hydrogen (secondary N) is 2. The molecule has 2 atom stereocenters. The van der Waals surface area contributed by atoms with Crippen molar-refractivity contribution < 1.29 is 19.8 Å². The van der Waals surface area contributed by atoms with Crippen LogP contribution in [0.4, 0.5) is 4.79 Å². The normalized spacial score (nSPS) is 13.3. The number of carboxylic acids is 1. The van der Waals surface area contributed by atoms with Crippen LogP contribution >= 0.6 is 0 Å². The second kappa shape index (κ2) is 7.54. The third-order valence-electron chi connectivity index (χ3n) is 1.82. The number of rotatable bonds is 6. The van der Waals surface area contributed by atoms with Gasteiger partial charge in [-0.1, -0.05) is 0 Å². The molecule has 0 rings (SSSR count). The summed E-state index contributed by atoms with van der Waals surface area (Å²) in [7, 11) is 0. The van der Waals surface area contributed by atoms with Crippen LogP contribution in [0.25, 0.3) is 0 Å².